The molecule has 9 nitrogen and oxygen atoms in total. The summed E-state index contributed by atoms with van der Waals surface area (Å²) in [4.78, 5) is 16.9. The Hall–Kier alpha value is -3.21. The second-order valence-electron chi connectivity index (χ2n) is 11.6. The van der Waals surface area contributed by atoms with Gasteiger partial charge < -0.3 is 24.0 Å². The number of benzene rings is 1. The minimum absolute atomic E-state index is 0.0299. The first-order valence-corrected chi connectivity index (χ1v) is 17.4. The van der Waals surface area contributed by atoms with Crippen molar-refractivity contribution in [3.8, 4) is 17.0 Å². The van der Waals surface area contributed by atoms with Crippen molar-refractivity contribution in [3.63, 3.8) is 0 Å². The average molecular weight is 550 g/mol. The number of piperazine rings is 1. The van der Waals surface area contributed by atoms with E-state index in [1.165, 1.54) is 6.08 Å². The molecular weight excluding hydrogens is 510 g/mol. The number of ether oxygens (including phenoxy) is 3. The number of carbonyl (C=O) groups excluding carboxylic acids is 1. The Balaban J connectivity index is 1.48. The van der Waals surface area contributed by atoms with E-state index in [4.69, 9.17) is 14.2 Å². The minimum atomic E-state index is -1.21. The van der Waals surface area contributed by atoms with E-state index in [1.54, 1.807) is 7.11 Å². The smallest absolute Gasteiger partial charge is 0.246 e. The Bertz CT molecular complexity index is 1320. The molecule has 3 aromatic rings. The fourth-order valence-corrected chi connectivity index (χ4v) is 6.33. The maximum Gasteiger partial charge on any atom is 0.246 e. The fraction of sp³-hybridized carbons (Fsp3) is 0.483. The van der Waals surface area contributed by atoms with E-state index in [1.807, 2.05) is 29.2 Å². The Labute approximate surface area is 231 Å². The van der Waals surface area contributed by atoms with Gasteiger partial charge in [0.15, 0.2) is 12.4 Å². The zero-order valence-electron chi connectivity index (χ0n) is 23.4. The van der Waals surface area contributed by atoms with Crippen LogP contribution in [0.25, 0.3) is 22.3 Å². The highest BCUT2D eigenvalue weighted by molar-refractivity contribution is 6.76. The summed E-state index contributed by atoms with van der Waals surface area (Å²) in [6.07, 6.45) is 3.46. The summed E-state index contributed by atoms with van der Waals surface area (Å²) in [6.45, 7) is 13.6. The molecule has 0 N–H and O–H groups in total. The second-order valence-corrected chi connectivity index (χ2v) is 17.2. The molecule has 10 heteroatoms. The maximum absolute atomic E-state index is 12.5. The molecule has 1 amide bonds. The van der Waals surface area contributed by atoms with Crippen LogP contribution in [0.4, 0.5) is 5.82 Å². The standard InChI is InChI=1S/C29H39N5O4Si/c1-6-28(35)34-22-11-12-23(34)18-32(17-22)27-16-21-15-25(24-9-7-8-10-26(24)38-20-36-2)30-31-29(21)33(27)19-37-13-14-39(3,4)5/h6-10,15-16,22-23H,1,11-14,17-20H2,2-5H3. The molecule has 0 saturated carbocycles. The van der Waals surface area contributed by atoms with Crippen LogP contribution in [0.1, 0.15) is 12.8 Å². The van der Waals surface area contributed by atoms with Crippen LogP contribution in [0.15, 0.2) is 49.1 Å². The molecule has 0 spiro atoms. The summed E-state index contributed by atoms with van der Waals surface area (Å²) >= 11 is 0. The van der Waals surface area contributed by atoms with E-state index >= 15 is 0 Å². The van der Waals surface area contributed by atoms with Gasteiger partial charge in [0.1, 0.15) is 18.3 Å². The van der Waals surface area contributed by atoms with E-state index in [2.05, 4.69) is 58.0 Å². The number of anilines is 1. The highest BCUT2D eigenvalue weighted by Crippen LogP contribution is 2.36. The quantitative estimate of drug-likeness (QED) is 0.148. The number of para-hydroxylation sites is 1. The number of carbonyl (C=O) groups is 1. The van der Waals surface area contributed by atoms with E-state index < -0.39 is 8.07 Å². The molecule has 2 aromatic heterocycles. The Morgan fingerprint density at radius 1 is 1.13 bits per heavy atom. The normalized spacial score (nSPS) is 19.1. The number of hydrogen-bond acceptors (Lipinski definition) is 7. The van der Waals surface area contributed by atoms with Crippen molar-refractivity contribution in [1.82, 2.24) is 19.7 Å². The van der Waals surface area contributed by atoms with Crippen LogP contribution in [-0.4, -0.2) is 79.3 Å². The molecule has 2 atom stereocenters. The van der Waals surface area contributed by atoms with Crippen molar-refractivity contribution < 1.29 is 19.0 Å². The summed E-state index contributed by atoms with van der Waals surface area (Å²) in [5.74, 6) is 1.78. The lowest BCUT2D eigenvalue weighted by Gasteiger charge is -2.41. The number of methoxy groups -OCH3 is 1. The van der Waals surface area contributed by atoms with E-state index in [0.29, 0.717) is 12.5 Å². The van der Waals surface area contributed by atoms with Crippen LogP contribution in [-0.2, 0) is 21.0 Å². The second kappa shape index (κ2) is 11.5. The number of aromatic nitrogens is 3. The zero-order chi connectivity index (χ0) is 27.6. The summed E-state index contributed by atoms with van der Waals surface area (Å²) in [7, 11) is 0.391. The molecule has 2 aliphatic heterocycles. The Morgan fingerprint density at radius 3 is 2.56 bits per heavy atom. The van der Waals surface area contributed by atoms with Gasteiger partial charge in [-0.15, -0.1) is 10.2 Å². The lowest BCUT2D eigenvalue weighted by atomic mass is 10.1. The molecule has 1 aromatic carbocycles. The monoisotopic (exact) mass is 549 g/mol. The van der Waals surface area contributed by atoms with Gasteiger partial charge in [0.2, 0.25) is 5.91 Å². The first-order valence-electron chi connectivity index (χ1n) is 13.6. The molecule has 5 rings (SSSR count). The van der Waals surface area contributed by atoms with Gasteiger partial charge in [-0.1, -0.05) is 38.4 Å². The van der Waals surface area contributed by atoms with Gasteiger partial charge in [0.25, 0.3) is 0 Å². The van der Waals surface area contributed by atoms with Gasteiger partial charge in [-0.25, -0.2) is 0 Å². The van der Waals surface area contributed by atoms with Crippen LogP contribution in [0.3, 0.4) is 0 Å². The minimum Gasteiger partial charge on any atom is -0.467 e. The van der Waals surface area contributed by atoms with Crippen molar-refractivity contribution >= 4 is 30.8 Å². The van der Waals surface area contributed by atoms with Crippen LogP contribution in [0, 0.1) is 0 Å². The molecule has 39 heavy (non-hydrogen) atoms. The summed E-state index contributed by atoms with van der Waals surface area (Å²) < 4.78 is 19.2. The van der Waals surface area contributed by atoms with E-state index in [9.17, 15) is 4.79 Å². The fourth-order valence-electron chi connectivity index (χ4n) is 5.58. The zero-order valence-corrected chi connectivity index (χ0v) is 24.4. The van der Waals surface area contributed by atoms with Gasteiger partial charge in [0.05, 0.1) is 5.69 Å². The number of hydrogen-bond donors (Lipinski definition) is 0. The molecule has 208 valence electrons. The predicted octanol–water partition coefficient (Wildman–Crippen LogP) is 4.76. The average Bonchev–Trinajstić information content (AvgIpc) is 3.42. The van der Waals surface area contributed by atoms with Crippen molar-refractivity contribution in [3.05, 3.63) is 49.1 Å². The van der Waals surface area contributed by atoms with Crippen LogP contribution >= 0.6 is 0 Å². The number of amides is 1. The van der Waals surface area contributed by atoms with E-state index in [0.717, 1.165) is 66.7 Å². The summed E-state index contributed by atoms with van der Waals surface area (Å²) in [5.41, 5.74) is 2.38. The third kappa shape index (κ3) is 5.87. The van der Waals surface area contributed by atoms with E-state index in [-0.39, 0.29) is 24.8 Å². The summed E-state index contributed by atoms with van der Waals surface area (Å²) in [6, 6.07) is 13.5. The first-order chi connectivity index (χ1) is 18.8. The Kier molecular flexibility index (Phi) is 8.06. The van der Waals surface area contributed by atoms with Crippen molar-refractivity contribution in [2.24, 2.45) is 0 Å². The lowest BCUT2D eigenvalue weighted by Crippen LogP contribution is -2.55. The predicted molar refractivity (Wildman–Crippen MR) is 156 cm³/mol. The topological polar surface area (TPSA) is 82.0 Å². The van der Waals surface area contributed by atoms with Gasteiger partial charge in [-0.2, -0.15) is 0 Å². The largest absolute Gasteiger partial charge is 0.467 e. The highest BCUT2D eigenvalue weighted by Gasteiger charge is 2.42. The van der Waals surface area contributed by atoms with Crippen molar-refractivity contribution in [2.75, 3.05) is 38.5 Å². The van der Waals surface area contributed by atoms with Crippen molar-refractivity contribution in [2.45, 2.75) is 57.3 Å². The highest BCUT2D eigenvalue weighted by atomic mass is 28.3. The molecule has 2 unspecified atom stereocenters. The number of fused-ring (bicyclic) bond motifs is 3. The SMILES string of the molecule is C=CC(=O)N1C2CCC1CN(c1cc3cc(-c4ccccc4OCOC)nnc3n1COCC[Si](C)(C)C)C2. The van der Waals surface area contributed by atoms with Gasteiger partial charge in [0, 0.05) is 57.9 Å². The third-order valence-electron chi connectivity index (χ3n) is 7.57. The number of nitrogens with zero attached hydrogens (tertiary/aromatic N) is 5. The van der Waals surface area contributed by atoms with Crippen molar-refractivity contribution in [1.29, 1.82) is 0 Å². The third-order valence-corrected chi connectivity index (χ3v) is 9.27. The molecule has 0 aliphatic carbocycles. The summed E-state index contributed by atoms with van der Waals surface area (Å²) in [5, 5.41) is 10.3. The molecular formula is C29H39N5O4Si. The van der Waals surface area contributed by atoms with Gasteiger partial charge in [-0.05, 0) is 49.2 Å². The lowest BCUT2D eigenvalue weighted by molar-refractivity contribution is -0.129. The van der Waals surface area contributed by atoms with Crippen LogP contribution in [0.5, 0.6) is 5.75 Å². The first kappa shape index (κ1) is 27.4. The molecule has 0 radical (unpaired) electrons. The molecule has 2 fully saturated rings. The Morgan fingerprint density at radius 2 is 1.87 bits per heavy atom. The maximum atomic E-state index is 12.5. The number of rotatable bonds is 11. The molecule has 4 heterocycles. The van der Waals surface area contributed by atoms with Crippen LogP contribution < -0.4 is 9.64 Å². The molecule has 2 saturated heterocycles. The molecule has 2 bridgehead atoms. The van der Waals surface area contributed by atoms with Gasteiger partial charge in [-0.3, -0.25) is 9.36 Å². The molecule has 2 aliphatic rings. The van der Waals surface area contributed by atoms with Crippen LogP contribution in [0.2, 0.25) is 25.7 Å². The van der Waals surface area contributed by atoms with Gasteiger partial charge >= 0.3 is 0 Å².